The Labute approximate surface area is 153 Å². The summed E-state index contributed by atoms with van der Waals surface area (Å²) in [7, 11) is 0. The molecule has 1 heterocycles. The minimum atomic E-state index is -5.94. The first-order chi connectivity index (χ1) is 13.0. The van der Waals surface area contributed by atoms with Crippen molar-refractivity contribution < 1.29 is 31.1 Å². The average Bonchev–Trinajstić information content (AvgIpc) is 3.02. The number of fused-ring (bicyclic) bond motifs is 1. The molecule has 28 heavy (non-hydrogen) atoms. The van der Waals surface area contributed by atoms with E-state index >= 15 is 0 Å². The van der Waals surface area contributed by atoms with Gasteiger partial charge in [0.1, 0.15) is 0 Å². The molecule has 1 aromatic heterocycles. The van der Waals surface area contributed by atoms with Crippen LogP contribution in [0.4, 0.5) is 32.3 Å². The van der Waals surface area contributed by atoms with E-state index < -0.39 is 29.9 Å². The van der Waals surface area contributed by atoms with E-state index in [4.69, 9.17) is 0 Å². The Morgan fingerprint density at radius 1 is 0.857 bits per heavy atom. The molecular formula is C17H12F6N4O. The van der Waals surface area contributed by atoms with Gasteiger partial charge in [0.25, 0.3) is 5.91 Å². The number of aromatic amines is 1. The fourth-order valence-electron chi connectivity index (χ4n) is 2.50. The van der Waals surface area contributed by atoms with E-state index in [1.54, 1.807) is 0 Å². The Balaban J connectivity index is 2.06. The molecule has 0 aliphatic rings. The van der Waals surface area contributed by atoms with Gasteiger partial charge in [-0.2, -0.15) is 26.3 Å². The lowest BCUT2D eigenvalue weighted by Gasteiger charge is -2.38. The zero-order chi connectivity index (χ0) is 20.6. The fourth-order valence-corrected chi connectivity index (χ4v) is 2.50. The summed E-state index contributed by atoms with van der Waals surface area (Å²) in [4.78, 5) is 18.2. The molecule has 0 aliphatic carbocycles. The topological polar surface area (TPSA) is 69.8 Å². The van der Waals surface area contributed by atoms with Gasteiger partial charge in [0.2, 0.25) is 5.95 Å². The number of alkyl halides is 6. The van der Waals surface area contributed by atoms with E-state index in [-0.39, 0.29) is 16.6 Å². The maximum atomic E-state index is 13.6. The Morgan fingerprint density at radius 3 is 2.00 bits per heavy atom. The Bertz CT molecular complexity index is 933. The fraction of sp³-hybridized carbons (Fsp3) is 0.176. The van der Waals surface area contributed by atoms with Crippen LogP contribution in [0, 0.1) is 0 Å². The maximum absolute atomic E-state index is 13.6. The van der Waals surface area contributed by atoms with Gasteiger partial charge in [-0.05, 0) is 24.3 Å². The highest BCUT2D eigenvalue weighted by atomic mass is 19.4. The third-order valence-electron chi connectivity index (χ3n) is 3.88. The molecule has 0 bridgehead atoms. The van der Waals surface area contributed by atoms with Crippen LogP contribution in [0.2, 0.25) is 0 Å². The van der Waals surface area contributed by atoms with Crippen LogP contribution < -0.4 is 10.6 Å². The Morgan fingerprint density at radius 2 is 1.43 bits per heavy atom. The Hall–Kier alpha value is -3.24. The van der Waals surface area contributed by atoms with Gasteiger partial charge in [-0.1, -0.05) is 30.3 Å². The highest BCUT2D eigenvalue weighted by Gasteiger charge is 2.73. The molecular weight excluding hydrogens is 390 g/mol. The van der Waals surface area contributed by atoms with Gasteiger partial charge in [0.05, 0.1) is 11.0 Å². The molecule has 148 valence electrons. The van der Waals surface area contributed by atoms with Crippen LogP contribution in [-0.2, 0) is 0 Å². The van der Waals surface area contributed by atoms with Crippen molar-refractivity contribution >= 4 is 22.9 Å². The van der Waals surface area contributed by atoms with Crippen molar-refractivity contribution in [2.45, 2.75) is 18.0 Å². The number of rotatable bonds is 4. The lowest BCUT2D eigenvalue weighted by molar-refractivity contribution is -0.294. The van der Waals surface area contributed by atoms with Gasteiger partial charge < -0.3 is 15.6 Å². The molecule has 11 heteroatoms. The summed E-state index contributed by atoms with van der Waals surface area (Å²) in [5, 5.41) is 2.37. The second-order valence-corrected chi connectivity index (χ2v) is 5.79. The number of imidazole rings is 1. The molecule has 0 radical (unpaired) electrons. The zero-order valence-corrected chi connectivity index (χ0v) is 13.8. The number of aromatic nitrogens is 2. The van der Waals surface area contributed by atoms with E-state index in [0.717, 1.165) is 17.4 Å². The number of hydrogen-bond acceptors (Lipinski definition) is 3. The lowest BCUT2D eigenvalue weighted by Crippen LogP contribution is -2.72. The molecule has 0 saturated carbocycles. The summed E-state index contributed by atoms with van der Waals surface area (Å²) in [6.07, 6.45) is -11.9. The predicted molar refractivity (Wildman–Crippen MR) is 88.5 cm³/mol. The molecule has 0 saturated heterocycles. The van der Waals surface area contributed by atoms with Gasteiger partial charge in [0.15, 0.2) is 0 Å². The van der Waals surface area contributed by atoms with Crippen LogP contribution in [0.15, 0.2) is 54.6 Å². The first-order valence-corrected chi connectivity index (χ1v) is 7.77. The quantitative estimate of drug-likeness (QED) is 0.452. The molecule has 0 aliphatic heterocycles. The van der Waals surface area contributed by atoms with Crippen LogP contribution in [0.5, 0.6) is 0 Å². The largest absolute Gasteiger partial charge is 0.439 e. The van der Waals surface area contributed by atoms with Crippen LogP contribution >= 0.6 is 0 Å². The number of nitrogens with zero attached hydrogens (tertiary/aromatic N) is 1. The predicted octanol–water partition coefficient (Wildman–Crippen LogP) is 4.23. The van der Waals surface area contributed by atoms with E-state index in [0.29, 0.717) is 0 Å². The van der Waals surface area contributed by atoms with Crippen molar-refractivity contribution in [3.05, 3.63) is 60.2 Å². The molecule has 3 N–H and O–H groups in total. The van der Waals surface area contributed by atoms with E-state index in [1.165, 1.54) is 47.8 Å². The number of carbonyl (C=O) groups excluding carboxylic acids is 1. The van der Waals surface area contributed by atoms with E-state index in [1.807, 2.05) is 0 Å². The summed E-state index contributed by atoms with van der Waals surface area (Å²) in [6, 6.07) is 12.1. The van der Waals surface area contributed by atoms with Gasteiger partial charge in [-0.3, -0.25) is 4.79 Å². The highest BCUT2D eigenvalue weighted by molar-refractivity contribution is 5.95. The number of para-hydroxylation sites is 2. The number of benzene rings is 2. The SMILES string of the molecule is O=C(NC(Nc1nc2ccccc2[nH]1)(C(F)(F)F)C(F)(F)F)c1ccccc1. The monoisotopic (exact) mass is 402 g/mol. The minimum Gasteiger partial charge on any atom is -0.324 e. The smallest absolute Gasteiger partial charge is 0.324 e. The van der Waals surface area contributed by atoms with Gasteiger partial charge in [0, 0.05) is 5.56 Å². The molecule has 0 unspecified atom stereocenters. The van der Waals surface area contributed by atoms with Crippen molar-refractivity contribution in [3.8, 4) is 0 Å². The molecule has 0 fully saturated rings. The maximum Gasteiger partial charge on any atom is 0.439 e. The van der Waals surface area contributed by atoms with E-state index in [2.05, 4.69) is 9.97 Å². The third kappa shape index (κ3) is 3.47. The summed E-state index contributed by atoms with van der Waals surface area (Å²) < 4.78 is 81.9. The minimum absolute atomic E-state index is 0.151. The summed E-state index contributed by atoms with van der Waals surface area (Å²) in [6.45, 7) is 0. The number of amides is 1. The lowest BCUT2D eigenvalue weighted by atomic mass is 10.1. The van der Waals surface area contributed by atoms with Crippen LogP contribution in [0.25, 0.3) is 11.0 Å². The number of nitrogens with one attached hydrogen (secondary N) is 3. The second kappa shape index (κ2) is 6.73. The van der Waals surface area contributed by atoms with Crippen LogP contribution in [0.1, 0.15) is 10.4 Å². The van der Waals surface area contributed by atoms with Crippen molar-refractivity contribution in [1.82, 2.24) is 15.3 Å². The van der Waals surface area contributed by atoms with Crippen LogP contribution in [0.3, 0.4) is 0 Å². The summed E-state index contributed by atoms with van der Waals surface area (Å²) in [5.74, 6) is -2.36. The van der Waals surface area contributed by atoms with Gasteiger partial charge in [-0.25, -0.2) is 4.98 Å². The molecule has 3 rings (SSSR count). The van der Waals surface area contributed by atoms with Crippen molar-refractivity contribution in [2.75, 3.05) is 5.32 Å². The van der Waals surface area contributed by atoms with E-state index in [9.17, 15) is 31.1 Å². The summed E-state index contributed by atoms with van der Waals surface area (Å²) >= 11 is 0. The number of H-pyrrole nitrogens is 1. The molecule has 2 aromatic carbocycles. The molecule has 1 amide bonds. The number of anilines is 1. The molecule has 0 atom stereocenters. The van der Waals surface area contributed by atoms with Crippen LogP contribution in [-0.4, -0.2) is 33.9 Å². The average molecular weight is 402 g/mol. The molecule has 0 spiro atoms. The normalized spacial score (nSPS) is 12.8. The number of halogens is 6. The van der Waals surface area contributed by atoms with Gasteiger partial charge >= 0.3 is 18.0 Å². The first-order valence-electron chi connectivity index (χ1n) is 7.77. The van der Waals surface area contributed by atoms with Crippen molar-refractivity contribution in [3.63, 3.8) is 0 Å². The third-order valence-corrected chi connectivity index (χ3v) is 3.88. The molecule has 5 nitrogen and oxygen atoms in total. The van der Waals surface area contributed by atoms with Crippen molar-refractivity contribution in [1.29, 1.82) is 0 Å². The standard InChI is InChI=1S/C17H12F6N4O/c18-16(19,20)15(17(21,22)23,26-13(28)10-6-2-1-3-7-10)27-14-24-11-8-4-5-9-12(11)25-14/h1-9H,(H,26,28)(H2,24,25,27). The number of hydrogen-bond donors (Lipinski definition) is 3. The number of carbonyl (C=O) groups is 1. The zero-order valence-electron chi connectivity index (χ0n) is 13.8. The highest BCUT2D eigenvalue weighted by Crippen LogP contribution is 2.43. The molecule has 3 aromatic rings. The first kappa shape index (κ1) is 19.5. The summed E-state index contributed by atoms with van der Waals surface area (Å²) in [5.41, 5.74) is -4.76. The Kier molecular flexibility index (Phi) is 4.69. The second-order valence-electron chi connectivity index (χ2n) is 5.79. The van der Waals surface area contributed by atoms with Crippen molar-refractivity contribution in [2.24, 2.45) is 0 Å². The van der Waals surface area contributed by atoms with Gasteiger partial charge in [-0.15, -0.1) is 0 Å².